The summed E-state index contributed by atoms with van der Waals surface area (Å²) < 4.78 is 87.2. The topological polar surface area (TPSA) is 62.1 Å². The highest BCUT2D eigenvalue weighted by atomic mass is 127. The number of piperidine rings is 1. The van der Waals surface area contributed by atoms with Gasteiger partial charge in [0.25, 0.3) is 0 Å². The van der Waals surface area contributed by atoms with Crippen LogP contribution < -0.4 is 4.90 Å². The van der Waals surface area contributed by atoms with Crippen LogP contribution in [0.4, 0.5) is 32.3 Å². The summed E-state index contributed by atoms with van der Waals surface area (Å²) in [7, 11) is 0. The van der Waals surface area contributed by atoms with Gasteiger partial charge in [0.05, 0.1) is 17.7 Å². The van der Waals surface area contributed by atoms with Gasteiger partial charge in [0, 0.05) is 64.6 Å². The van der Waals surface area contributed by atoms with Crippen LogP contribution in [0.1, 0.15) is 117 Å². The Morgan fingerprint density at radius 2 is 1.65 bits per heavy atom. The second-order valence-electron chi connectivity index (χ2n) is 14.1. The zero-order valence-electron chi connectivity index (χ0n) is 25.9. The Hall–Kier alpha value is -2.22. The summed E-state index contributed by atoms with van der Waals surface area (Å²) in [6, 6.07) is 0. The lowest BCUT2D eigenvalue weighted by Crippen LogP contribution is -2.36. The number of aliphatic hydroxyl groups is 1. The maximum absolute atomic E-state index is 17.2. The van der Waals surface area contributed by atoms with E-state index in [1.165, 1.54) is 12.2 Å². The fraction of sp³-hybridized carbons (Fsp3) is 0.618. The third-order valence-electron chi connectivity index (χ3n) is 10.1. The Balaban J connectivity index is 1.45. The number of rotatable bonds is 5. The largest absolute Gasteiger partial charge is 0.395 e. The normalized spacial score (nSPS) is 26.0. The van der Waals surface area contributed by atoms with Gasteiger partial charge >= 0.3 is 6.18 Å². The molecule has 1 saturated heterocycles. The number of fused-ring (bicyclic) bond motifs is 1. The van der Waals surface area contributed by atoms with Gasteiger partial charge in [-0.2, -0.15) is 13.2 Å². The van der Waals surface area contributed by atoms with Crippen molar-refractivity contribution in [3.8, 4) is 0 Å². The first-order valence-electron chi connectivity index (χ1n) is 16.1. The molecule has 1 aliphatic heterocycles. The Kier molecular flexibility index (Phi) is 9.27. The van der Waals surface area contributed by atoms with Gasteiger partial charge in [-0.05, 0) is 90.0 Å². The minimum Gasteiger partial charge on any atom is -0.388 e. The first-order valence-corrected chi connectivity index (χ1v) is 17.1. The highest BCUT2D eigenvalue weighted by Gasteiger charge is 2.44. The number of alkyl halides is 6. The Labute approximate surface area is 279 Å². The third kappa shape index (κ3) is 6.98. The Bertz CT molecular complexity index is 1490. The molecule has 3 aliphatic carbocycles. The molecule has 1 saturated carbocycles. The summed E-state index contributed by atoms with van der Waals surface area (Å²) in [4.78, 5) is 16.1. The molecular formula is C34H39F6IN4O. The van der Waals surface area contributed by atoms with Gasteiger partial charge in [0.1, 0.15) is 0 Å². The lowest BCUT2D eigenvalue weighted by molar-refractivity contribution is -0.160. The van der Waals surface area contributed by atoms with Crippen LogP contribution in [0, 0.1) is 14.9 Å². The van der Waals surface area contributed by atoms with Gasteiger partial charge in [-0.15, -0.1) is 0 Å². The highest BCUT2D eigenvalue weighted by Crippen LogP contribution is 2.53. The molecule has 0 radical (unpaired) electrons. The van der Waals surface area contributed by atoms with Gasteiger partial charge in [-0.3, -0.25) is 4.98 Å². The van der Waals surface area contributed by atoms with E-state index in [1.54, 1.807) is 12.4 Å². The monoisotopic (exact) mass is 760 g/mol. The van der Waals surface area contributed by atoms with Crippen LogP contribution >= 0.6 is 22.6 Å². The van der Waals surface area contributed by atoms with Crippen molar-refractivity contribution in [3.63, 3.8) is 0 Å². The minimum atomic E-state index is -4.44. The lowest BCUT2D eigenvalue weighted by atomic mass is 9.68. The molecule has 1 N–H and O–H groups in total. The van der Waals surface area contributed by atoms with Crippen LogP contribution in [0.5, 0.6) is 0 Å². The van der Waals surface area contributed by atoms with E-state index in [9.17, 15) is 27.1 Å². The highest BCUT2D eigenvalue weighted by molar-refractivity contribution is 14.1. The molecule has 0 spiro atoms. The van der Waals surface area contributed by atoms with Crippen molar-refractivity contribution in [1.29, 1.82) is 0 Å². The Morgan fingerprint density at radius 1 is 1.00 bits per heavy atom. The van der Waals surface area contributed by atoms with Crippen LogP contribution in [0.2, 0.25) is 0 Å². The standard InChI is InChI=1S/C34H39F6IN4O/c1-32(2)15-24-27(25(46)16-32)26(19-7-11-33(36,37)12-8-19)28(29(35)20-3-5-22(6-4-20)34(38,39)40)30(44-24)21-9-13-45(14-10-21)31-42-17-23(41)18-43-31/h3-5,17-19,21-22,25,29,46H,6-16H2,1-2H3. The average Bonchev–Trinajstić information content (AvgIpc) is 2.99. The number of hydrogen-bond donors (Lipinski definition) is 1. The molecule has 4 aliphatic rings. The van der Waals surface area contributed by atoms with Gasteiger partial charge in [-0.1, -0.05) is 32.1 Å². The number of allylic oxidation sites excluding steroid dienone is 4. The predicted molar refractivity (Wildman–Crippen MR) is 172 cm³/mol. The second-order valence-corrected chi connectivity index (χ2v) is 15.4. The number of aromatic nitrogens is 3. The molecule has 2 aromatic heterocycles. The lowest BCUT2D eigenvalue weighted by Gasteiger charge is -2.41. The molecule has 2 aromatic rings. The second kappa shape index (κ2) is 12.7. The van der Waals surface area contributed by atoms with E-state index in [4.69, 9.17) is 4.98 Å². The molecule has 3 atom stereocenters. The number of nitrogens with zero attached hydrogens (tertiary/aromatic N) is 4. The minimum absolute atomic E-state index is 0.112. The van der Waals surface area contributed by atoms with E-state index in [0.29, 0.717) is 67.2 Å². The first kappa shape index (κ1) is 33.7. The van der Waals surface area contributed by atoms with Crippen molar-refractivity contribution in [2.45, 2.75) is 108 Å². The summed E-state index contributed by atoms with van der Waals surface area (Å²) in [5.74, 6) is -4.50. The fourth-order valence-corrected chi connectivity index (χ4v) is 8.04. The van der Waals surface area contributed by atoms with Crippen LogP contribution in [-0.4, -0.2) is 45.2 Å². The third-order valence-corrected chi connectivity index (χ3v) is 10.7. The van der Waals surface area contributed by atoms with E-state index in [1.807, 2.05) is 13.8 Å². The zero-order valence-corrected chi connectivity index (χ0v) is 28.1. The van der Waals surface area contributed by atoms with Crippen molar-refractivity contribution in [2.24, 2.45) is 11.3 Å². The number of hydrogen-bond acceptors (Lipinski definition) is 5. The van der Waals surface area contributed by atoms with Crippen LogP contribution in [0.25, 0.3) is 0 Å². The number of anilines is 1. The first-order chi connectivity index (χ1) is 21.6. The van der Waals surface area contributed by atoms with E-state index >= 15 is 4.39 Å². The summed E-state index contributed by atoms with van der Waals surface area (Å²) in [6.07, 6.45) is 1.20. The van der Waals surface area contributed by atoms with Gasteiger partial charge in [0.2, 0.25) is 11.9 Å². The van der Waals surface area contributed by atoms with Crippen LogP contribution in [0.3, 0.4) is 0 Å². The van der Waals surface area contributed by atoms with Crippen molar-refractivity contribution in [3.05, 3.63) is 67.8 Å². The molecule has 2 fully saturated rings. The van der Waals surface area contributed by atoms with Crippen LogP contribution in [0.15, 0.2) is 36.2 Å². The van der Waals surface area contributed by atoms with Crippen molar-refractivity contribution >= 4 is 28.5 Å². The van der Waals surface area contributed by atoms with E-state index in [-0.39, 0.29) is 54.6 Å². The van der Waals surface area contributed by atoms with Gasteiger partial charge in [-0.25, -0.2) is 23.1 Å². The average molecular weight is 761 g/mol. The van der Waals surface area contributed by atoms with Gasteiger partial charge in [0.15, 0.2) is 6.17 Å². The summed E-state index contributed by atoms with van der Waals surface area (Å²) in [6.45, 7) is 5.27. The predicted octanol–water partition coefficient (Wildman–Crippen LogP) is 9.23. The van der Waals surface area contributed by atoms with Crippen molar-refractivity contribution in [2.75, 3.05) is 18.0 Å². The molecule has 12 heteroatoms. The van der Waals surface area contributed by atoms with E-state index in [0.717, 1.165) is 9.65 Å². The van der Waals surface area contributed by atoms with E-state index < -0.39 is 36.2 Å². The smallest absolute Gasteiger partial charge is 0.388 e. The zero-order chi connectivity index (χ0) is 33.0. The SMILES string of the molecule is CC1(C)Cc2nc(C3CCN(c4ncc(I)cn4)CC3)c(C(F)C3=CCC(C(F)(F)F)C=C3)c(C3CCC(F)(F)CC3)c2C(O)C1. The Morgan fingerprint density at radius 3 is 2.24 bits per heavy atom. The molecule has 0 bridgehead atoms. The molecule has 5 nitrogen and oxygen atoms in total. The molecule has 0 amide bonds. The maximum Gasteiger partial charge on any atom is 0.395 e. The molecule has 250 valence electrons. The fourth-order valence-electron chi connectivity index (χ4n) is 7.76. The molecule has 3 heterocycles. The molecule has 3 unspecified atom stereocenters. The molecule has 0 aromatic carbocycles. The molecular weight excluding hydrogens is 721 g/mol. The van der Waals surface area contributed by atoms with E-state index in [2.05, 4.69) is 37.5 Å². The summed E-state index contributed by atoms with van der Waals surface area (Å²) in [5.41, 5.74) is 2.40. The summed E-state index contributed by atoms with van der Waals surface area (Å²) >= 11 is 2.14. The number of halogens is 7. The number of pyridine rings is 1. The van der Waals surface area contributed by atoms with Gasteiger partial charge < -0.3 is 10.0 Å². The summed E-state index contributed by atoms with van der Waals surface area (Å²) in [5, 5.41) is 11.5. The van der Waals surface area contributed by atoms with Crippen molar-refractivity contribution in [1.82, 2.24) is 15.0 Å². The molecule has 6 rings (SSSR count). The number of aliphatic hydroxyl groups excluding tert-OH is 1. The maximum atomic E-state index is 17.2. The molecule has 46 heavy (non-hydrogen) atoms. The van der Waals surface area contributed by atoms with Crippen LogP contribution in [-0.2, 0) is 6.42 Å². The quantitative estimate of drug-likeness (QED) is 0.243. The van der Waals surface area contributed by atoms with Crippen molar-refractivity contribution < 1.29 is 31.4 Å².